The summed E-state index contributed by atoms with van der Waals surface area (Å²) in [4.78, 5) is 6.50. The van der Waals surface area contributed by atoms with E-state index in [1.165, 1.54) is 5.57 Å². The summed E-state index contributed by atoms with van der Waals surface area (Å²) in [5, 5.41) is 9.27. The van der Waals surface area contributed by atoms with Gasteiger partial charge in [0.25, 0.3) is 0 Å². The molecule has 0 amide bonds. The number of nitrogens with zero attached hydrogens (tertiary/aromatic N) is 2. The molecule has 1 N–H and O–H groups in total. The summed E-state index contributed by atoms with van der Waals surface area (Å²) in [5.41, 5.74) is 2.43. The maximum atomic E-state index is 9.27. The SMILES string of the molecule is CN1CCC2=NC(O)CC=C2C1. The quantitative estimate of drug-likeness (QED) is 0.566. The summed E-state index contributed by atoms with van der Waals surface area (Å²) in [6.07, 6.45) is 3.31. The Hall–Kier alpha value is -0.670. The van der Waals surface area contributed by atoms with Gasteiger partial charge in [0.15, 0.2) is 0 Å². The van der Waals surface area contributed by atoms with E-state index in [1.807, 2.05) is 0 Å². The Kier molecular flexibility index (Phi) is 1.98. The van der Waals surface area contributed by atoms with Gasteiger partial charge in [-0.1, -0.05) is 6.08 Å². The van der Waals surface area contributed by atoms with Crippen LogP contribution in [0.15, 0.2) is 16.6 Å². The minimum atomic E-state index is -0.479. The van der Waals surface area contributed by atoms with E-state index >= 15 is 0 Å². The van der Waals surface area contributed by atoms with Crippen molar-refractivity contribution in [3.05, 3.63) is 11.6 Å². The zero-order valence-electron chi connectivity index (χ0n) is 7.32. The summed E-state index contributed by atoms with van der Waals surface area (Å²) in [7, 11) is 2.11. The van der Waals surface area contributed by atoms with E-state index in [1.54, 1.807) is 0 Å². The molecule has 1 unspecified atom stereocenters. The number of hydrogen-bond acceptors (Lipinski definition) is 3. The standard InChI is InChI=1S/C9H14N2O/c1-11-5-4-8-7(6-11)2-3-9(12)10-8/h2,9,12H,3-6H2,1H3. The molecule has 3 heteroatoms. The van der Waals surface area contributed by atoms with Crippen LogP contribution < -0.4 is 0 Å². The molecule has 0 aromatic rings. The number of dihydropyridines is 1. The highest BCUT2D eigenvalue weighted by Crippen LogP contribution is 2.18. The molecule has 2 heterocycles. The maximum Gasteiger partial charge on any atom is 0.148 e. The first-order valence-electron chi connectivity index (χ1n) is 4.38. The van der Waals surface area contributed by atoms with Gasteiger partial charge in [-0.2, -0.15) is 0 Å². The second-order valence-corrected chi connectivity index (χ2v) is 3.51. The Morgan fingerprint density at radius 2 is 2.50 bits per heavy atom. The van der Waals surface area contributed by atoms with Crippen LogP contribution in [-0.4, -0.2) is 42.1 Å². The Labute approximate surface area is 72.4 Å². The molecule has 2 rings (SSSR count). The molecule has 0 radical (unpaired) electrons. The lowest BCUT2D eigenvalue weighted by Crippen LogP contribution is -2.34. The summed E-state index contributed by atoms with van der Waals surface area (Å²) < 4.78 is 0. The van der Waals surface area contributed by atoms with E-state index in [-0.39, 0.29) is 0 Å². The number of likely N-dealkylation sites (N-methyl/N-ethyl adjacent to an activating group) is 1. The van der Waals surface area contributed by atoms with Crippen molar-refractivity contribution in [2.45, 2.75) is 19.1 Å². The fraction of sp³-hybridized carbons (Fsp3) is 0.667. The molecule has 0 bridgehead atoms. The zero-order valence-corrected chi connectivity index (χ0v) is 7.32. The third-order valence-electron chi connectivity index (χ3n) is 2.42. The van der Waals surface area contributed by atoms with Gasteiger partial charge >= 0.3 is 0 Å². The summed E-state index contributed by atoms with van der Waals surface area (Å²) in [6, 6.07) is 0. The van der Waals surface area contributed by atoms with Crippen molar-refractivity contribution in [3.63, 3.8) is 0 Å². The summed E-state index contributed by atoms with van der Waals surface area (Å²) in [5.74, 6) is 0. The molecule has 0 aliphatic carbocycles. The normalized spacial score (nSPS) is 30.7. The minimum absolute atomic E-state index is 0.479. The molecule has 2 aliphatic heterocycles. The van der Waals surface area contributed by atoms with Crippen LogP contribution in [0.1, 0.15) is 12.8 Å². The first kappa shape index (κ1) is 7.95. The Balaban J connectivity index is 2.16. The van der Waals surface area contributed by atoms with Crippen LogP contribution in [0.25, 0.3) is 0 Å². The average Bonchev–Trinajstić information content (AvgIpc) is 2.05. The first-order chi connectivity index (χ1) is 5.75. The molecule has 1 fully saturated rings. The van der Waals surface area contributed by atoms with Crippen molar-refractivity contribution >= 4 is 5.71 Å². The van der Waals surface area contributed by atoms with Gasteiger partial charge in [-0.3, -0.25) is 4.99 Å². The van der Waals surface area contributed by atoms with Gasteiger partial charge in [-0.25, -0.2) is 0 Å². The number of aliphatic hydroxyl groups is 1. The Morgan fingerprint density at radius 1 is 1.67 bits per heavy atom. The predicted octanol–water partition coefficient (Wildman–Crippen LogP) is 0.411. The van der Waals surface area contributed by atoms with Crippen LogP contribution >= 0.6 is 0 Å². The van der Waals surface area contributed by atoms with Crippen LogP contribution in [0.4, 0.5) is 0 Å². The van der Waals surface area contributed by atoms with Gasteiger partial charge in [0, 0.05) is 31.6 Å². The van der Waals surface area contributed by atoms with Crippen LogP contribution in [0.5, 0.6) is 0 Å². The van der Waals surface area contributed by atoms with Crippen LogP contribution in [0, 0.1) is 0 Å². The summed E-state index contributed by atoms with van der Waals surface area (Å²) in [6.45, 7) is 2.05. The second kappa shape index (κ2) is 2.99. The van der Waals surface area contributed by atoms with E-state index in [0.717, 1.165) is 25.2 Å². The molecule has 1 saturated heterocycles. The maximum absolute atomic E-state index is 9.27. The molecular weight excluding hydrogens is 152 g/mol. The number of hydrogen-bond donors (Lipinski definition) is 1. The number of piperidine rings is 1. The highest BCUT2D eigenvalue weighted by atomic mass is 16.3. The zero-order chi connectivity index (χ0) is 8.55. The lowest BCUT2D eigenvalue weighted by molar-refractivity contribution is 0.184. The summed E-state index contributed by atoms with van der Waals surface area (Å²) >= 11 is 0. The Morgan fingerprint density at radius 3 is 3.33 bits per heavy atom. The topological polar surface area (TPSA) is 35.8 Å². The van der Waals surface area contributed by atoms with Crippen molar-refractivity contribution in [3.8, 4) is 0 Å². The van der Waals surface area contributed by atoms with E-state index in [9.17, 15) is 5.11 Å². The predicted molar refractivity (Wildman–Crippen MR) is 48.3 cm³/mol. The van der Waals surface area contributed by atoms with Crippen LogP contribution in [0.2, 0.25) is 0 Å². The van der Waals surface area contributed by atoms with Gasteiger partial charge in [0.05, 0.1) is 0 Å². The molecule has 0 saturated carbocycles. The molecule has 0 spiro atoms. The largest absolute Gasteiger partial charge is 0.371 e. The fourth-order valence-electron chi connectivity index (χ4n) is 1.73. The Bertz CT molecular complexity index is 245. The van der Waals surface area contributed by atoms with Gasteiger partial charge in [0.2, 0.25) is 0 Å². The molecule has 1 atom stereocenters. The average molecular weight is 166 g/mol. The first-order valence-corrected chi connectivity index (χ1v) is 4.38. The van der Waals surface area contributed by atoms with Crippen LogP contribution in [0.3, 0.4) is 0 Å². The monoisotopic (exact) mass is 166 g/mol. The van der Waals surface area contributed by atoms with Gasteiger partial charge in [-0.15, -0.1) is 0 Å². The lowest BCUT2D eigenvalue weighted by Gasteiger charge is -2.28. The van der Waals surface area contributed by atoms with Gasteiger partial charge in [0.1, 0.15) is 6.23 Å². The molecule has 0 aromatic heterocycles. The number of aliphatic imine (C=N–C) groups is 1. The molecular formula is C9H14N2O. The number of likely N-dealkylation sites (tertiary alicyclic amines) is 1. The number of fused-ring (bicyclic) bond motifs is 1. The van der Waals surface area contributed by atoms with E-state index < -0.39 is 6.23 Å². The van der Waals surface area contributed by atoms with E-state index in [2.05, 4.69) is 23.0 Å². The molecule has 0 aromatic carbocycles. The smallest absolute Gasteiger partial charge is 0.148 e. The van der Waals surface area contributed by atoms with Crippen molar-refractivity contribution in [1.29, 1.82) is 0 Å². The van der Waals surface area contributed by atoms with E-state index in [0.29, 0.717) is 6.42 Å². The van der Waals surface area contributed by atoms with Gasteiger partial charge < -0.3 is 10.0 Å². The minimum Gasteiger partial charge on any atom is -0.371 e. The number of aliphatic hydroxyl groups excluding tert-OH is 1. The van der Waals surface area contributed by atoms with Crippen molar-refractivity contribution in [1.82, 2.24) is 4.90 Å². The van der Waals surface area contributed by atoms with Crippen molar-refractivity contribution < 1.29 is 5.11 Å². The van der Waals surface area contributed by atoms with Crippen molar-refractivity contribution in [2.75, 3.05) is 20.1 Å². The highest BCUT2D eigenvalue weighted by Gasteiger charge is 2.20. The molecule has 12 heavy (non-hydrogen) atoms. The van der Waals surface area contributed by atoms with Crippen molar-refractivity contribution in [2.24, 2.45) is 4.99 Å². The lowest BCUT2D eigenvalue weighted by atomic mass is 9.99. The van der Waals surface area contributed by atoms with Crippen LogP contribution in [-0.2, 0) is 0 Å². The van der Waals surface area contributed by atoms with Gasteiger partial charge in [-0.05, 0) is 12.6 Å². The number of rotatable bonds is 0. The third-order valence-corrected chi connectivity index (χ3v) is 2.42. The molecule has 2 aliphatic rings. The fourth-order valence-corrected chi connectivity index (χ4v) is 1.73. The third kappa shape index (κ3) is 1.42. The van der Waals surface area contributed by atoms with E-state index in [4.69, 9.17) is 0 Å². The molecule has 66 valence electrons. The highest BCUT2D eigenvalue weighted by molar-refractivity contribution is 6.01. The second-order valence-electron chi connectivity index (χ2n) is 3.51. The molecule has 3 nitrogen and oxygen atoms in total.